The van der Waals surface area contributed by atoms with Crippen molar-refractivity contribution in [2.75, 3.05) is 18.0 Å². The van der Waals surface area contributed by atoms with Gasteiger partial charge in [-0.05, 0) is 50.0 Å². The van der Waals surface area contributed by atoms with Gasteiger partial charge in [0.15, 0.2) is 11.5 Å². The first-order valence-electron chi connectivity index (χ1n) is 10.7. The summed E-state index contributed by atoms with van der Waals surface area (Å²) in [5.74, 6) is 1.60. The summed E-state index contributed by atoms with van der Waals surface area (Å²) in [6.07, 6.45) is 6.80. The average molecular weight is 405 g/mol. The highest BCUT2D eigenvalue weighted by Crippen LogP contribution is 2.37. The quantitative estimate of drug-likeness (QED) is 0.436. The van der Waals surface area contributed by atoms with E-state index >= 15 is 0 Å². The largest absolute Gasteiger partial charge is 0.355 e. The minimum Gasteiger partial charge on any atom is -0.355 e. The monoisotopic (exact) mass is 404 g/mol. The third kappa shape index (κ3) is 2.61. The molecule has 1 aliphatic heterocycles. The molecule has 0 amide bonds. The van der Waals surface area contributed by atoms with Crippen molar-refractivity contribution in [1.82, 2.24) is 14.6 Å². The van der Waals surface area contributed by atoms with Crippen LogP contribution in [0.5, 0.6) is 0 Å². The molecule has 0 spiro atoms. The second-order valence-corrected chi connectivity index (χ2v) is 9.68. The molecular weight excluding hydrogens is 380 g/mol. The molecule has 6 rings (SSSR count). The molecule has 148 valence electrons. The summed E-state index contributed by atoms with van der Waals surface area (Å²) in [7, 11) is 0. The summed E-state index contributed by atoms with van der Waals surface area (Å²) in [6.45, 7) is 4.29. The number of benzene rings is 1. The lowest BCUT2D eigenvalue weighted by atomic mass is 9.89. The summed E-state index contributed by atoms with van der Waals surface area (Å²) >= 11 is 1.71. The summed E-state index contributed by atoms with van der Waals surface area (Å²) < 4.78 is 1.58. The van der Waals surface area contributed by atoms with Crippen LogP contribution in [-0.4, -0.2) is 27.7 Å². The van der Waals surface area contributed by atoms with Crippen molar-refractivity contribution in [3.05, 3.63) is 45.1 Å². The Morgan fingerprint density at radius 2 is 1.90 bits per heavy atom. The number of hydrogen-bond acceptors (Lipinski definition) is 5. The van der Waals surface area contributed by atoms with Crippen LogP contribution < -0.4 is 10.5 Å². The highest BCUT2D eigenvalue weighted by molar-refractivity contribution is 7.18. The molecule has 4 aromatic rings. The van der Waals surface area contributed by atoms with Crippen LogP contribution in [0.4, 0.5) is 5.82 Å². The molecule has 1 aromatic carbocycles. The Hall–Kier alpha value is -2.47. The Kier molecular flexibility index (Phi) is 3.91. The predicted molar refractivity (Wildman–Crippen MR) is 119 cm³/mol. The Bertz CT molecular complexity index is 1320. The van der Waals surface area contributed by atoms with Crippen molar-refractivity contribution < 1.29 is 0 Å². The van der Waals surface area contributed by atoms with Gasteiger partial charge in [0.2, 0.25) is 0 Å². The standard InChI is InChI=1S/C23H24N4OS/c1-14-9-10-17-18(13-14)29-22-19(17)23(28)27-20(24-22)15-7-3-4-8-16(15)21(25-27)26-11-5-2-6-12-26/h3-4,7-8,14H,2,5-6,9-13H2,1H3. The zero-order chi connectivity index (χ0) is 19.5. The first-order valence-corrected chi connectivity index (χ1v) is 11.5. The number of rotatable bonds is 1. The van der Waals surface area contributed by atoms with E-state index in [-0.39, 0.29) is 5.56 Å². The molecule has 4 heterocycles. The van der Waals surface area contributed by atoms with E-state index in [0.717, 1.165) is 59.2 Å². The van der Waals surface area contributed by atoms with Crippen LogP contribution in [0.2, 0.25) is 0 Å². The van der Waals surface area contributed by atoms with Gasteiger partial charge >= 0.3 is 0 Å². The summed E-state index contributed by atoms with van der Waals surface area (Å²) in [6, 6.07) is 8.27. The van der Waals surface area contributed by atoms with E-state index < -0.39 is 0 Å². The molecule has 2 aliphatic rings. The van der Waals surface area contributed by atoms with E-state index in [4.69, 9.17) is 10.1 Å². The number of thiophene rings is 1. The van der Waals surface area contributed by atoms with Crippen LogP contribution in [0.15, 0.2) is 29.1 Å². The van der Waals surface area contributed by atoms with E-state index in [1.165, 1.54) is 29.7 Å². The van der Waals surface area contributed by atoms with Crippen molar-refractivity contribution >= 4 is 43.8 Å². The average Bonchev–Trinajstić information content (AvgIpc) is 3.11. The SMILES string of the molecule is CC1CCc2c(sc3nc4c5ccccc5c(N5CCCCC5)nn4c(=O)c23)C1. The molecule has 29 heavy (non-hydrogen) atoms. The minimum atomic E-state index is 0.000987. The van der Waals surface area contributed by atoms with Gasteiger partial charge in [-0.1, -0.05) is 31.2 Å². The summed E-state index contributed by atoms with van der Waals surface area (Å²) in [5.41, 5.74) is 1.91. The maximum Gasteiger partial charge on any atom is 0.283 e. The number of nitrogens with zero attached hydrogens (tertiary/aromatic N) is 4. The Balaban J connectivity index is 1.69. The van der Waals surface area contributed by atoms with Gasteiger partial charge in [0.1, 0.15) is 4.83 Å². The highest BCUT2D eigenvalue weighted by Gasteiger charge is 2.25. The van der Waals surface area contributed by atoms with Crippen molar-refractivity contribution in [2.24, 2.45) is 5.92 Å². The van der Waals surface area contributed by atoms with Crippen molar-refractivity contribution in [2.45, 2.75) is 45.4 Å². The van der Waals surface area contributed by atoms with Crippen LogP contribution in [0, 0.1) is 5.92 Å². The van der Waals surface area contributed by atoms with Crippen LogP contribution in [0.1, 0.15) is 43.0 Å². The highest BCUT2D eigenvalue weighted by atomic mass is 32.1. The number of aromatic nitrogens is 3. The van der Waals surface area contributed by atoms with Gasteiger partial charge in [0.25, 0.3) is 5.56 Å². The Morgan fingerprint density at radius 1 is 1.10 bits per heavy atom. The van der Waals surface area contributed by atoms with Crippen LogP contribution >= 0.6 is 11.3 Å². The smallest absolute Gasteiger partial charge is 0.283 e. The topological polar surface area (TPSA) is 50.5 Å². The third-order valence-electron chi connectivity index (χ3n) is 6.57. The molecule has 1 fully saturated rings. The number of anilines is 1. The van der Waals surface area contributed by atoms with Crippen molar-refractivity contribution in [3.63, 3.8) is 0 Å². The van der Waals surface area contributed by atoms with Gasteiger partial charge in [-0.2, -0.15) is 4.52 Å². The van der Waals surface area contributed by atoms with Crippen molar-refractivity contribution in [3.8, 4) is 0 Å². The lowest BCUT2D eigenvalue weighted by Gasteiger charge is -2.28. The van der Waals surface area contributed by atoms with E-state index in [1.54, 1.807) is 15.9 Å². The first-order chi connectivity index (χ1) is 14.2. The van der Waals surface area contributed by atoms with Gasteiger partial charge < -0.3 is 4.90 Å². The summed E-state index contributed by atoms with van der Waals surface area (Å²) in [5, 5.41) is 7.81. The molecule has 5 nitrogen and oxygen atoms in total. The fourth-order valence-corrected chi connectivity index (χ4v) is 6.38. The van der Waals surface area contributed by atoms with Gasteiger partial charge in [0.05, 0.1) is 5.39 Å². The molecule has 0 radical (unpaired) electrons. The fraction of sp³-hybridized carbons (Fsp3) is 0.435. The van der Waals surface area contributed by atoms with Crippen molar-refractivity contribution in [1.29, 1.82) is 0 Å². The second kappa shape index (κ2) is 6.52. The maximum atomic E-state index is 13.6. The van der Waals surface area contributed by atoms with E-state index in [9.17, 15) is 4.79 Å². The number of fused-ring (bicyclic) bond motifs is 6. The van der Waals surface area contributed by atoms with E-state index in [0.29, 0.717) is 11.6 Å². The number of aryl methyl sites for hydroxylation is 1. The lowest BCUT2D eigenvalue weighted by Crippen LogP contribution is -2.32. The Labute approximate surface area is 173 Å². The second-order valence-electron chi connectivity index (χ2n) is 8.60. The Morgan fingerprint density at radius 3 is 2.72 bits per heavy atom. The van der Waals surface area contributed by atoms with Crippen LogP contribution in [-0.2, 0) is 12.8 Å². The first kappa shape index (κ1) is 17.4. The molecule has 6 heteroatoms. The van der Waals surface area contributed by atoms with E-state index in [2.05, 4.69) is 30.0 Å². The van der Waals surface area contributed by atoms with Gasteiger partial charge in [-0.15, -0.1) is 16.4 Å². The normalized spacial score (nSPS) is 19.9. The zero-order valence-corrected chi connectivity index (χ0v) is 17.5. The molecule has 3 aromatic heterocycles. The van der Waals surface area contributed by atoms with E-state index in [1.807, 2.05) is 6.07 Å². The van der Waals surface area contributed by atoms with Gasteiger partial charge in [-0.3, -0.25) is 4.79 Å². The molecule has 1 aliphatic carbocycles. The fourth-order valence-electron chi connectivity index (χ4n) is 5.01. The lowest BCUT2D eigenvalue weighted by molar-refractivity contribution is 0.509. The molecule has 1 saturated heterocycles. The van der Waals surface area contributed by atoms with Crippen LogP contribution in [0.25, 0.3) is 26.6 Å². The molecule has 0 N–H and O–H groups in total. The molecule has 0 saturated carbocycles. The summed E-state index contributed by atoms with van der Waals surface area (Å²) in [4.78, 5) is 23.2. The maximum absolute atomic E-state index is 13.6. The molecule has 0 bridgehead atoms. The zero-order valence-electron chi connectivity index (χ0n) is 16.6. The molecule has 1 unspecified atom stereocenters. The predicted octanol–water partition coefficient (Wildman–Crippen LogP) is 4.57. The number of hydrogen-bond donors (Lipinski definition) is 0. The minimum absolute atomic E-state index is 0.000987. The van der Waals surface area contributed by atoms with Gasteiger partial charge in [-0.25, -0.2) is 4.98 Å². The number of piperidine rings is 1. The molecule has 1 atom stereocenters. The third-order valence-corrected chi connectivity index (χ3v) is 7.71. The van der Waals surface area contributed by atoms with Crippen LogP contribution in [0.3, 0.4) is 0 Å². The molecular formula is C23H24N4OS. The van der Waals surface area contributed by atoms with Gasteiger partial charge in [0, 0.05) is 28.7 Å².